The first-order valence-corrected chi connectivity index (χ1v) is 6.18. The highest BCUT2D eigenvalue weighted by molar-refractivity contribution is 6.21. The van der Waals surface area contributed by atoms with Crippen LogP contribution in [0.5, 0.6) is 11.5 Å². The van der Waals surface area contributed by atoms with Crippen molar-refractivity contribution in [2.75, 3.05) is 0 Å². The van der Waals surface area contributed by atoms with Crippen LogP contribution in [0.1, 0.15) is 22.1 Å². The van der Waals surface area contributed by atoms with Gasteiger partial charge < -0.3 is 4.74 Å². The molecule has 0 bridgehead atoms. The van der Waals surface area contributed by atoms with E-state index in [1.807, 2.05) is 24.3 Å². The summed E-state index contributed by atoms with van der Waals surface area (Å²) in [6.45, 7) is 2.06. The maximum absolute atomic E-state index is 6.45. The molecule has 2 aromatic carbocycles. The minimum absolute atomic E-state index is 0.0192. The summed E-state index contributed by atoms with van der Waals surface area (Å²) < 4.78 is 5.97. The van der Waals surface area contributed by atoms with E-state index in [9.17, 15) is 0 Å². The number of ether oxygens (including phenoxy) is 1. The van der Waals surface area contributed by atoms with Crippen LogP contribution in [0, 0.1) is 6.92 Å². The molecule has 1 nitrogen and oxygen atoms in total. The van der Waals surface area contributed by atoms with Crippen LogP contribution in [-0.4, -0.2) is 0 Å². The van der Waals surface area contributed by atoms with E-state index in [1.165, 1.54) is 11.1 Å². The van der Waals surface area contributed by atoms with Gasteiger partial charge in [-0.3, -0.25) is 0 Å². The molecule has 0 saturated heterocycles. The second kappa shape index (κ2) is 4.08. The topological polar surface area (TPSA) is 9.23 Å². The fraction of sp³-hybridized carbons (Fsp3) is 0.200. The molecular formula is C15H13ClO. The first-order valence-electron chi connectivity index (χ1n) is 5.74. The molecule has 0 radical (unpaired) electrons. The normalized spacial score (nSPS) is 17.6. The van der Waals surface area contributed by atoms with Gasteiger partial charge in [0, 0.05) is 5.56 Å². The second-order valence-corrected chi connectivity index (χ2v) is 4.95. The lowest BCUT2D eigenvalue weighted by molar-refractivity contribution is 0.478. The van der Waals surface area contributed by atoms with Crippen molar-refractivity contribution in [1.29, 1.82) is 0 Å². The molecule has 86 valence electrons. The molecule has 2 heteroatoms. The molecule has 1 unspecified atom stereocenters. The molecule has 0 saturated carbocycles. The van der Waals surface area contributed by atoms with Crippen molar-refractivity contribution in [3.8, 4) is 11.5 Å². The van der Waals surface area contributed by atoms with Gasteiger partial charge in [-0.2, -0.15) is 0 Å². The summed E-state index contributed by atoms with van der Waals surface area (Å²) in [6, 6.07) is 14.3. The molecule has 0 amide bonds. The predicted octanol–water partition coefficient (Wildman–Crippen LogP) is 4.62. The second-order valence-electron chi connectivity index (χ2n) is 4.42. The van der Waals surface area contributed by atoms with Crippen LogP contribution in [0.2, 0.25) is 0 Å². The summed E-state index contributed by atoms with van der Waals surface area (Å²) in [5, 5.41) is -0.0192. The molecule has 1 atom stereocenters. The fourth-order valence-electron chi connectivity index (χ4n) is 2.18. The van der Waals surface area contributed by atoms with E-state index in [2.05, 4.69) is 25.1 Å². The van der Waals surface area contributed by atoms with Crippen molar-refractivity contribution < 1.29 is 4.74 Å². The number of benzene rings is 2. The highest BCUT2D eigenvalue weighted by Gasteiger charge is 2.21. The third-order valence-corrected chi connectivity index (χ3v) is 3.49. The molecule has 0 spiro atoms. The van der Waals surface area contributed by atoms with Gasteiger partial charge in [0.05, 0.1) is 5.38 Å². The monoisotopic (exact) mass is 244 g/mol. The first kappa shape index (κ1) is 10.7. The summed E-state index contributed by atoms with van der Waals surface area (Å²) in [6.07, 6.45) is 0.813. The van der Waals surface area contributed by atoms with E-state index in [-0.39, 0.29) is 5.38 Å². The van der Waals surface area contributed by atoms with Crippen LogP contribution in [0.15, 0.2) is 42.5 Å². The fourth-order valence-corrected chi connectivity index (χ4v) is 2.53. The Morgan fingerprint density at radius 2 is 1.94 bits per heavy atom. The Morgan fingerprint density at radius 1 is 1.12 bits per heavy atom. The molecule has 1 aliphatic heterocycles. The zero-order valence-electron chi connectivity index (χ0n) is 9.61. The minimum atomic E-state index is -0.0192. The number of hydrogen-bond acceptors (Lipinski definition) is 1. The summed E-state index contributed by atoms with van der Waals surface area (Å²) in [4.78, 5) is 0. The molecule has 0 aromatic heterocycles. The van der Waals surface area contributed by atoms with Crippen molar-refractivity contribution in [1.82, 2.24) is 0 Å². The predicted molar refractivity (Wildman–Crippen MR) is 70.0 cm³/mol. The summed E-state index contributed by atoms with van der Waals surface area (Å²) >= 11 is 6.45. The standard InChI is InChI=1S/C15H13ClO/c1-10-6-7-12-13(16)9-11-4-2-3-5-14(11)17-15(12)8-10/h2-8,13H,9H2,1H3. The van der Waals surface area contributed by atoms with Crippen LogP contribution in [0.3, 0.4) is 0 Å². The smallest absolute Gasteiger partial charge is 0.132 e. The maximum atomic E-state index is 6.45. The van der Waals surface area contributed by atoms with Crippen LogP contribution in [0.25, 0.3) is 0 Å². The third-order valence-electron chi connectivity index (χ3n) is 3.10. The Balaban J connectivity index is 2.15. The van der Waals surface area contributed by atoms with Gasteiger partial charge in [0.15, 0.2) is 0 Å². The van der Waals surface area contributed by atoms with E-state index in [1.54, 1.807) is 0 Å². The average molecular weight is 245 g/mol. The molecule has 0 N–H and O–H groups in total. The van der Waals surface area contributed by atoms with Crippen molar-refractivity contribution in [2.45, 2.75) is 18.7 Å². The number of halogens is 1. The molecule has 1 aliphatic rings. The average Bonchev–Trinajstić information content (AvgIpc) is 2.44. The van der Waals surface area contributed by atoms with Crippen molar-refractivity contribution in [3.05, 3.63) is 59.2 Å². The molecule has 17 heavy (non-hydrogen) atoms. The van der Waals surface area contributed by atoms with Gasteiger partial charge in [0.25, 0.3) is 0 Å². The lowest BCUT2D eigenvalue weighted by Crippen LogP contribution is -1.93. The third kappa shape index (κ3) is 1.91. The molecule has 0 fully saturated rings. The SMILES string of the molecule is Cc1ccc2c(c1)Oc1ccccc1CC2Cl. The number of rotatable bonds is 0. The van der Waals surface area contributed by atoms with Gasteiger partial charge in [-0.1, -0.05) is 30.3 Å². The summed E-state index contributed by atoms with van der Waals surface area (Å²) in [5.74, 6) is 1.80. The number of hydrogen-bond donors (Lipinski definition) is 0. The zero-order chi connectivity index (χ0) is 11.8. The van der Waals surface area contributed by atoms with Gasteiger partial charge in [0.2, 0.25) is 0 Å². The lowest BCUT2D eigenvalue weighted by atomic mass is 10.0. The van der Waals surface area contributed by atoms with Crippen molar-refractivity contribution in [3.63, 3.8) is 0 Å². The highest BCUT2D eigenvalue weighted by atomic mass is 35.5. The van der Waals surface area contributed by atoms with E-state index in [4.69, 9.17) is 16.3 Å². The van der Waals surface area contributed by atoms with Crippen LogP contribution in [0.4, 0.5) is 0 Å². The van der Waals surface area contributed by atoms with Gasteiger partial charge in [-0.25, -0.2) is 0 Å². The Hall–Kier alpha value is -1.47. The number of para-hydroxylation sites is 1. The van der Waals surface area contributed by atoms with E-state index in [0.29, 0.717) is 0 Å². The van der Waals surface area contributed by atoms with Crippen molar-refractivity contribution >= 4 is 11.6 Å². The number of aryl methyl sites for hydroxylation is 1. The Morgan fingerprint density at radius 3 is 2.82 bits per heavy atom. The molecule has 0 aliphatic carbocycles. The molecule has 1 heterocycles. The lowest BCUT2D eigenvalue weighted by Gasteiger charge is -2.10. The van der Waals surface area contributed by atoms with Crippen molar-refractivity contribution in [2.24, 2.45) is 0 Å². The Labute approximate surface area is 106 Å². The van der Waals surface area contributed by atoms with E-state index < -0.39 is 0 Å². The largest absolute Gasteiger partial charge is 0.457 e. The Bertz CT molecular complexity index is 563. The quantitative estimate of drug-likeness (QED) is 0.615. The highest BCUT2D eigenvalue weighted by Crippen LogP contribution is 2.41. The maximum Gasteiger partial charge on any atom is 0.132 e. The summed E-state index contributed by atoms with van der Waals surface area (Å²) in [7, 11) is 0. The van der Waals surface area contributed by atoms with E-state index in [0.717, 1.165) is 23.5 Å². The van der Waals surface area contributed by atoms with Gasteiger partial charge >= 0.3 is 0 Å². The van der Waals surface area contributed by atoms with Crippen LogP contribution >= 0.6 is 11.6 Å². The first-order chi connectivity index (χ1) is 8.24. The number of fused-ring (bicyclic) bond motifs is 2. The Kier molecular flexibility index (Phi) is 2.56. The minimum Gasteiger partial charge on any atom is -0.457 e. The zero-order valence-corrected chi connectivity index (χ0v) is 10.4. The van der Waals surface area contributed by atoms with Crippen LogP contribution in [-0.2, 0) is 6.42 Å². The number of alkyl halides is 1. The van der Waals surface area contributed by atoms with E-state index >= 15 is 0 Å². The molecule has 3 rings (SSSR count). The molecular weight excluding hydrogens is 232 g/mol. The van der Waals surface area contributed by atoms with Gasteiger partial charge in [-0.05, 0) is 36.6 Å². The van der Waals surface area contributed by atoms with Gasteiger partial charge in [-0.15, -0.1) is 11.6 Å². The summed E-state index contributed by atoms with van der Waals surface area (Å²) in [5.41, 5.74) is 3.43. The van der Waals surface area contributed by atoms with Crippen LogP contribution < -0.4 is 4.74 Å². The van der Waals surface area contributed by atoms with Gasteiger partial charge in [0.1, 0.15) is 11.5 Å². The molecule has 2 aromatic rings.